The third kappa shape index (κ3) is 14.1. The van der Waals surface area contributed by atoms with E-state index >= 15 is 0 Å². The van der Waals surface area contributed by atoms with Crippen molar-refractivity contribution in [3.05, 3.63) is 225 Å². The van der Waals surface area contributed by atoms with Crippen LogP contribution in [-0.4, -0.2) is 110 Å². The van der Waals surface area contributed by atoms with Gasteiger partial charge in [-0.3, -0.25) is 10.1 Å². The lowest BCUT2D eigenvalue weighted by Crippen LogP contribution is -2.66. The Bertz CT molecular complexity index is 2650. The van der Waals surface area contributed by atoms with Crippen LogP contribution < -0.4 is 0 Å². The first kappa shape index (κ1) is 52.1. The summed E-state index contributed by atoms with van der Waals surface area (Å²) in [5.41, 5.74) is 2.70. The molecule has 1 unspecified atom stereocenters. The summed E-state index contributed by atoms with van der Waals surface area (Å²) in [6, 6.07) is 51.6. The fraction of sp³-hybridized carbons (Fsp3) is 0.304. The van der Waals surface area contributed by atoms with Crippen LogP contribution in [-0.2, 0) is 67.2 Å². The lowest BCUT2D eigenvalue weighted by Gasteiger charge is -2.47. The third-order valence-electron chi connectivity index (χ3n) is 12.2. The number of hydrogen-bond acceptors (Lipinski definition) is 16. The minimum Gasteiger partial charge on any atom is -0.452 e. The molecular formula is C56H55NO16. The van der Waals surface area contributed by atoms with E-state index in [0.717, 1.165) is 16.7 Å². The van der Waals surface area contributed by atoms with E-state index in [2.05, 4.69) is 0 Å². The average molecular weight is 998 g/mol. The van der Waals surface area contributed by atoms with Crippen molar-refractivity contribution in [2.24, 2.45) is 5.92 Å². The van der Waals surface area contributed by atoms with E-state index in [1.807, 2.05) is 91.0 Å². The van der Waals surface area contributed by atoms with Crippen LogP contribution in [0.1, 0.15) is 47.8 Å². The maximum atomic E-state index is 14.1. The first-order chi connectivity index (χ1) is 35.6. The van der Waals surface area contributed by atoms with Crippen LogP contribution in [0.25, 0.3) is 0 Å². The van der Waals surface area contributed by atoms with Gasteiger partial charge in [0.05, 0.1) is 43.1 Å². The Labute approximate surface area is 421 Å². The summed E-state index contributed by atoms with van der Waals surface area (Å²) >= 11 is 0. The second kappa shape index (κ2) is 26.0. The molecule has 6 aromatic rings. The van der Waals surface area contributed by atoms with Crippen molar-refractivity contribution in [3.8, 4) is 0 Å². The summed E-state index contributed by atoms with van der Waals surface area (Å²) in [7, 11) is 1.23. The highest BCUT2D eigenvalue weighted by molar-refractivity contribution is 5.91. The average Bonchev–Trinajstić information content (AvgIpc) is 3.43. The molecule has 2 saturated heterocycles. The van der Waals surface area contributed by atoms with Gasteiger partial charge in [-0.1, -0.05) is 146 Å². The van der Waals surface area contributed by atoms with E-state index in [0.29, 0.717) is 0 Å². The van der Waals surface area contributed by atoms with Crippen LogP contribution in [0.2, 0.25) is 0 Å². The van der Waals surface area contributed by atoms with Gasteiger partial charge in [-0.25, -0.2) is 14.4 Å². The summed E-state index contributed by atoms with van der Waals surface area (Å²) in [6.07, 6.45) is -15.7. The Morgan fingerprint density at radius 3 is 1.40 bits per heavy atom. The zero-order chi connectivity index (χ0) is 50.9. The monoisotopic (exact) mass is 997 g/mol. The number of rotatable bonds is 22. The molecule has 73 heavy (non-hydrogen) atoms. The van der Waals surface area contributed by atoms with Crippen LogP contribution in [0.4, 0.5) is 0 Å². The standard InChI is InChI=1S/C56H55NO16/c1-64-56-50(71-53(60)42-30-18-7-19-31-42)48(70-52(59)41-28-16-6-17-29-41)47(69-51(58)40-26-14-5-15-27-40)49(72-56)54(61)73-55-43(32-57(62)63)45(66-34-38-22-10-3-11-23-38)46(67-35-39-24-12-4-13-25-39)44(68-55)36-65-33-37-20-8-2-9-21-37/h2-31,43-50,54-56,61H,32-36H2,1H3/t43-,44-,45-,46+,47+,48+,49+,50+,54?,55-,56+/m1/s1. The third-order valence-corrected chi connectivity index (χ3v) is 12.2. The number of aliphatic hydroxyl groups is 1. The van der Waals surface area contributed by atoms with Crippen molar-refractivity contribution in [2.45, 2.75) is 81.4 Å². The lowest BCUT2D eigenvalue weighted by molar-refractivity contribution is -0.505. The molecule has 2 heterocycles. The molecule has 0 bridgehead atoms. The number of hydrogen-bond donors (Lipinski definition) is 1. The molecule has 0 radical (unpaired) electrons. The number of nitro groups is 1. The molecule has 1 N–H and O–H groups in total. The minimum atomic E-state index is -2.21. The molecule has 8 rings (SSSR count). The Balaban J connectivity index is 1.17. The maximum Gasteiger partial charge on any atom is 0.338 e. The van der Waals surface area contributed by atoms with Gasteiger partial charge in [-0.15, -0.1) is 0 Å². The number of ether oxygens (including phenoxy) is 10. The molecule has 0 spiro atoms. The Hall–Kier alpha value is -7.19. The normalized spacial score (nSPS) is 24.1. The molecule has 17 heteroatoms. The van der Waals surface area contributed by atoms with E-state index in [1.165, 1.54) is 43.5 Å². The van der Waals surface area contributed by atoms with Gasteiger partial charge in [0.15, 0.2) is 43.3 Å². The maximum absolute atomic E-state index is 14.1. The molecule has 0 saturated carbocycles. The van der Waals surface area contributed by atoms with Gasteiger partial charge in [0.2, 0.25) is 6.54 Å². The molecule has 6 aromatic carbocycles. The first-order valence-corrected chi connectivity index (χ1v) is 23.6. The van der Waals surface area contributed by atoms with Crippen molar-refractivity contribution in [1.29, 1.82) is 0 Å². The van der Waals surface area contributed by atoms with Crippen LogP contribution in [0.5, 0.6) is 0 Å². The van der Waals surface area contributed by atoms with Gasteiger partial charge >= 0.3 is 17.9 Å². The van der Waals surface area contributed by atoms with Crippen LogP contribution in [0.3, 0.4) is 0 Å². The van der Waals surface area contributed by atoms with Crippen LogP contribution in [0, 0.1) is 16.0 Å². The SMILES string of the molecule is CO[C@H]1O[C@H](C(O)O[C@H]2O[C@H](COCc3ccccc3)[C@H](OCc3ccccc3)[C@H](OCc3ccccc3)[C@H]2C[N+](=O)[O-])[C@@H](OC(=O)c2ccccc2)[C@H](OC(=O)c2ccccc2)[C@@H]1OC(=O)c1ccccc1. The second-order valence-electron chi connectivity index (χ2n) is 17.2. The number of esters is 3. The molecule has 2 fully saturated rings. The van der Waals surface area contributed by atoms with Crippen molar-refractivity contribution < 1.29 is 71.8 Å². The second-order valence-corrected chi connectivity index (χ2v) is 17.2. The number of carbonyl (C=O) groups is 3. The molecule has 380 valence electrons. The highest BCUT2D eigenvalue weighted by Gasteiger charge is 2.57. The van der Waals surface area contributed by atoms with Crippen molar-refractivity contribution in [3.63, 3.8) is 0 Å². The number of methoxy groups -OCH3 is 1. The number of carbonyl (C=O) groups excluding carboxylic acids is 3. The molecule has 11 atom stereocenters. The van der Waals surface area contributed by atoms with Gasteiger partial charge in [0.1, 0.15) is 24.2 Å². The molecule has 2 aliphatic rings. The van der Waals surface area contributed by atoms with Crippen LogP contribution >= 0.6 is 0 Å². The summed E-state index contributed by atoms with van der Waals surface area (Å²) < 4.78 is 62.8. The molecule has 0 amide bonds. The highest BCUT2D eigenvalue weighted by Crippen LogP contribution is 2.37. The van der Waals surface area contributed by atoms with Gasteiger partial charge in [-0.05, 0) is 53.1 Å². The molecule has 17 nitrogen and oxygen atoms in total. The van der Waals surface area contributed by atoms with E-state index in [9.17, 15) is 29.6 Å². The van der Waals surface area contributed by atoms with Gasteiger partial charge in [0, 0.05) is 12.0 Å². The minimum absolute atomic E-state index is 0.00585. The molecule has 0 aliphatic carbocycles. The topological polar surface area (TPSA) is 207 Å². The van der Waals surface area contributed by atoms with Gasteiger partial charge in [-0.2, -0.15) is 0 Å². The fourth-order valence-electron chi connectivity index (χ4n) is 8.57. The number of aliphatic hydroxyl groups excluding tert-OH is 1. The highest BCUT2D eigenvalue weighted by atomic mass is 16.8. The summed E-state index contributed by atoms with van der Waals surface area (Å²) in [5, 5.41) is 25.2. The van der Waals surface area contributed by atoms with Gasteiger partial charge < -0.3 is 52.5 Å². The smallest absolute Gasteiger partial charge is 0.338 e. The Morgan fingerprint density at radius 2 is 0.945 bits per heavy atom. The van der Waals surface area contributed by atoms with Crippen LogP contribution in [0.15, 0.2) is 182 Å². The summed E-state index contributed by atoms with van der Waals surface area (Å²) in [4.78, 5) is 54.1. The zero-order valence-corrected chi connectivity index (χ0v) is 39.7. The summed E-state index contributed by atoms with van der Waals surface area (Å²) in [5.74, 6) is -4.03. The van der Waals surface area contributed by atoms with E-state index < -0.39 is 96.9 Å². The van der Waals surface area contributed by atoms with Crippen molar-refractivity contribution >= 4 is 17.9 Å². The summed E-state index contributed by atoms with van der Waals surface area (Å²) in [6.45, 7) is -0.705. The Morgan fingerprint density at radius 1 is 0.534 bits per heavy atom. The quantitative estimate of drug-likeness (QED) is 0.0232. The van der Waals surface area contributed by atoms with Crippen molar-refractivity contribution in [2.75, 3.05) is 20.3 Å². The largest absolute Gasteiger partial charge is 0.452 e. The van der Waals surface area contributed by atoms with E-state index in [-0.39, 0.29) is 43.1 Å². The van der Waals surface area contributed by atoms with Gasteiger partial charge in [0.25, 0.3) is 0 Å². The first-order valence-electron chi connectivity index (χ1n) is 23.6. The fourth-order valence-corrected chi connectivity index (χ4v) is 8.57. The lowest BCUT2D eigenvalue weighted by atomic mass is 9.90. The van der Waals surface area contributed by atoms with Crippen molar-refractivity contribution in [1.82, 2.24) is 0 Å². The Kier molecular flexibility index (Phi) is 18.5. The number of benzene rings is 6. The van der Waals surface area contributed by atoms with E-state index in [4.69, 9.17) is 47.4 Å². The number of nitrogens with zero attached hydrogens (tertiary/aromatic N) is 1. The predicted molar refractivity (Wildman–Crippen MR) is 260 cm³/mol. The van der Waals surface area contributed by atoms with E-state index in [1.54, 1.807) is 54.6 Å². The zero-order valence-electron chi connectivity index (χ0n) is 39.7. The molecular weight excluding hydrogens is 943 g/mol. The predicted octanol–water partition coefficient (Wildman–Crippen LogP) is 7.37. The molecule has 0 aromatic heterocycles. The molecule has 2 aliphatic heterocycles.